The minimum absolute atomic E-state index is 0.0126. The number of aliphatic hydroxyl groups excluding tert-OH is 2. The van der Waals surface area contributed by atoms with Gasteiger partial charge in [0.15, 0.2) is 40.8 Å². The zero-order valence-corrected chi connectivity index (χ0v) is 62.5. The molecule has 7 aromatic rings. The maximum atomic E-state index is 14.5. The quantitative estimate of drug-likeness (QED) is 0.0317. The number of rotatable bonds is 29. The first-order valence-corrected chi connectivity index (χ1v) is 37.5. The number of carbonyl (C=O) groups is 9. The number of aryl methyl sites for hydroxylation is 1. The topological polar surface area (TPSA) is 308 Å². The summed E-state index contributed by atoms with van der Waals surface area (Å²) in [5, 5.41) is 36.2. The van der Waals surface area contributed by atoms with Crippen molar-refractivity contribution in [1.29, 1.82) is 0 Å². The molecule has 1 aromatic heterocycles. The predicted octanol–water partition coefficient (Wildman–Crippen LogP) is 10.9. The second-order valence-corrected chi connectivity index (χ2v) is 30.0. The molecule has 25 nitrogen and oxygen atoms in total. The molecule has 1 aliphatic carbocycles. The molecule has 570 valence electrons. The van der Waals surface area contributed by atoms with Crippen molar-refractivity contribution in [2.75, 3.05) is 50.3 Å². The van der Waals surface area contributed by atoms with Crippen LogP contribution in [0.1, 0.15) is 165 Å². The minimum atomic E-state index is -1.49. The average molecular weight is 1480 g/mol. The summed E-state index contributed by atoms with van der Waals surface area (Å²) < 4.78 is 31.9. The Labute approximate surface area is 632 Å². The van der Waals surface area contributed by atoms with Gasteiger partial charge in [-0.2, -0.15) is 0 Å². The van der Waals surface area contributed by atoms with Gasteiger partial charge < -0.3 is 59.2 Å². The Kier molecular flexibility index (Phi) is 22.9. The van der Waals surface area contributed by atoms with Gasteiger partial charge in [-0.3, -0.25) is 38.4 Å². The van der Waals surface area contributed by atoms with E-state index in [2.05, 4.69) is 20.9 Å². The monoisotopic (exact) mass is 1480 g/mol. The number of aliphatic hydroxyl groups is 2. The van der Waals surface area contributed by atoms with Crippen LogP contribution in [-0.2, 0) is 66.1 Å². The summed E-state index contributed by atoms with van der Waals surface area (Å²) in [5.41, 5.74) is 10.2. The highest BCUT2D eigenvalue weighted by Crippen LogP contribution is 2.57. The molecule has 5 atom stereocenters. The van der Waals surface area contributed by atoms with Gasteiger partial charge in [0.1, 0.15) is 18.1 Å². The van der Waals surface area contributed by atoms with E-state index in [1.54, 1.807) is 60.9 Å². The maximum absolute atomic E-state index is 14.5. The second kappa shape index (κ2) is 32.8. The standard InChI is InChI=1S/C84H93N9O16/c1-49(2)64(38-61(96)43-85-75(98)29-27-60(95)28-30-76(99)90-44-57-13-8-9-14-62(57)78-77(87-88-93(78)50(3)4)63-15-10-11-16-67(63)90)79(100)86-51(5)70(97)35-52-17-19-54(20-18-52)47-109-83(104)92-68-41-74(72(106-7)40-66(68)81(102)91-48-84(31-32-84)42-69(91)82(92)103)108-34-12-33-107-73-37-56-25-26-59-36-58(55-23-21-53(46-94)22-24-55)45-89(59)80(101)65(56)39-71(73)105-6/h8-11,13-24,37,39-41,45,49-51,59,64,69,82,94,103H,12,25-36,38,42-44,46-48H2,1-7H3,(H,85,98)(H,86,100)/t51-,59+,64-,69-,82?/m0/s1. The molecule has 2 fully saturated rings. The first-order chi connectivity index (χ1) is 52.5. The van der Waals surface area contributed by atoms with Crippen molar-refractivity contribution >= 4 is 69.9 Å². The summed E-state index contributed by atoms with van der Waals surface area (Å²) in [7, 11) is 2.97. The highest BCUT2D eigenvalue weighted by Gasteiger charge is 2.58. The van der Waals surface area contributed by atoms with Gasteiger partial charge in [0.25, 0.3) is 11.8 Å². The van der Waals surface area contributed by atoms with Gasteiger partial charge in [-0.05, 0) is 134 Å². The summed E-state index contributed by atoms with van der Waals surface area (Å²) in [5.74, 6) is -2.62. The molecule has 6 amide bonds. The number of ketones is 3. The molecule has 1 unspecified atom stereocenters. The molecule has 109 heavy (non-hydrogen) atoms. The first-order valence-electron chi connectivity index (χ1n) is 37.5. The molecule has 1 saturated heterocycles. The molecule has 6 aromatic carbocycles. The SMILES string of the molecule is COc1cc2c(cc1OCCCOc1cc3c(cc1OC)C(=O)N1CC4(CC4)C[C@H]1C(O)N3C(=O)OCc1ccc(CC(=O)[C@H](C)NC(=O)[C@@H](CC(=O)CNC(=O)CCC(=O)CCC(=O)N3Cc4ccccc4-c4c(nnn4C(C)C)-c4ccccc43)C(C)C)cc1)CC[C@@H]1CC(c3ccc(CO)cc3)=CN1C2=O. The Balaban J connectivity index is 0.569. The Hall–Kier alpha value is -11.1. The minimum Gasteiger partial charge on any atom is -0.493 e. The fourth-order valence-electron chi connectivity index (χ4n) is 15.4. The lowest BCUT2D eigenvalue weighted by Gasteiger charge is -2.31. The van der Waals surface area contributed by atoms with Crippen LogP contribution < -0.4 is 39.4 Å². The lowest BCUT2D eigenvalue weighted by atomic mass is 9.89. The third-order valence-corrected chi connectivity index (χ3v) is 21.9. The van der Waals surface area contributed by atoms with Gasteiger partial charge in [0.05, 0.1) is 81.8 Å². The highest BCUT2D eigenvalue weighted by molar-refractivity contribution is 6.07. The lowest BCUT2D eigenvalue weighted by Crippen LogP contribution is -2.50. The van der Waals surface area contributed by atoms with Gasteiger partial charge in [-0.25, -0.2) is 14.4 Å². The summed E-state index contributed by atoms with van der Waals surface area (Å²) in [6.45, 7) is 9.53. The Bertz CT molecular complexity index is 4700. The van der Waals surface area contributed by atoms with E-state index < -0.39 is 47.9 Å². The zero-order chi connectivity index (χ0) is 76.9. The van der Waals surface area contributed by atoms with Crippen molar-refractivity contribution in [1.82, 2.24) is 35.4 Å². The van der Waals surface area contributed by atoms with Gasteiger partial charge in [-0.1, -0.05) is 110 Å². The molecular formula is C84H93N9O16. The normalized spacial score (nSPS) is 17.7. The molecule has 0 radical (unpaired) electrons. The predicted molar refractivity (Wildman–Crippen MR) is 404 cm³/mol. The maximum Gasteiger partial charge on any atom is 0.416 e. The zero-order valence-electron chi connectivity index (χ0n) is 62.5. The molecular weight excluding hydrogens is 1390 g/mol. The molecule has 1 spiro atoms. The number of para-hydroxylation sites is 1. The smallest absolute Gasteiger partial charge is 0.416 e. The summed E-state index contributed by atoms with van der Waals surface area (Å²) in [4.78, 5) is 130. The number of Topliss-reactive ketones (excluding diaryl/α,β-unsaturated/α-hetero) is 3. The fraction of sp³-hybridized carbons (Fsp3) is 0.417. The molecule has 25 heteroatoms. The van der Waals surface area contributed by atoms with E-state index in [1.165, 1.54) is 26.4 Å². The van der Waals surface area contributed by atoms with Crippen molar-refractivity contribution < 1.29 is 77.0 Å². The van der Waals surface area contributed by atoms with Crippen molar-refractivity contribution in [3.05, 3.63) is 172 Å². The fourth-order valence-corrected chi connectivity index (χ4v) is 15.4. The van der Waals surface area contributed by atoms with E-state index in [1.807, 2.05) is 108 Å². The number of anilines is 2. The molecule has 4 N–H and O–H groups in total. The summed E-state index contributed by atoms with van der Waals surface area (Å²) in [6, 6.07) is 34.8. The number of hydrogen-bond acceptors (Lipinski definition) is 18. The first kappa shape index (κ1) is 76.2. The van der Waals surface area contributed by atoms with Gasteiger partial charge in [0, 0.05) is 98.4 Å². The van der Waals surface area contributed by atoms with Gasteiger partial charge in [0.2, 0.25) is 17.7 Å². The number of hydrogen-bond donors (Lipinski definition) is 4. The number of methoxy groups -OCH3 is 2. The Morgan fingerprint density at radius 1 is 0.697 bits per heavy atom. The van der Waals surface area contributed by atoms with Crippen molar-refractivity contribution in [2.45, 2.75) is 168 Å². The molecule has 6 heterocycles. The van der Waals surface area contributed by atoms with E-state index in [0.717, 1.165) is 68.8 Å². The van der Waals surface area contributed by atoms with Crippen LogP contribution in [0.3, 0.4) is 0 Å². The van der Waals surface area contributed by atoms with Gasteiger partial charge in [-0.15, -0.1) is 5.10 Å². The van der Waals surface area contributed by atoms with E-state index in [4.69, 9.17) is 23.7 Å². The Morgan fingerprint density at radius 2 is 1.37 bits per heavy atom. The Morgan fingerprint density at radius 3 is 2.06 bits per heavy atom. The van der Waals surface area contributed by atoms with Crippen LogP contribution in [0.15, 0.2) is 128 Å². The third-order valence-electron chi connectivity index (χ3n) is 21.9. The number of fused-ring (bicyclic) bond motifs is 9. The van der Waals surface area contributed by atoms with Crippen LogP contribution in [-0.4, -0.2) is 153 Å². The number of carbonyl (C=O) groups excluding carboxylic acids is 9. The van der Waals surface area contributed by atoms with Crippen LogP contribution in [0.4, 0.5) is 16.2 Å². The molecule has 5 aliphatic heterocycles. The largest absolute Gasteiger partial charge is 0.493 e. The number of nitrogens with one attached hydrogen (secondary N) is 2. The highest BCUT2D eigenvalue weighted by atomic mass is 16.6. The van der Waals surface area contributed by atoms with E-state index >= 15 is 0 Å². The van der Waals surface area contributed by atoms with Crippen LogP contribution in [0.25, 0.3) is 28.1 Å². The number of amides is 6. The van der Waals surface area contributed by atoms with E-state index in [0.29, 0.717) is 71.8 Å². The van der Waals surface area contributed by atoms with E-state index in [9.17, 15) is 53.4 Å². The molecule has 1 saturated carbocycles. The average Bonchev–Trinajstić information content (AvgIpc) is 1.57. The van der Waals surface area contributed by atoms with Crippen LogP contribution in [0.2, 0.25) is 0 Å². The second-order valence-electron chi connectivity index (χ2n) is 30.0. The summed E-state index contributed by atoms with van der Waals surface area (Å²) in [6.07, 6.45) is 3.47. The number of benzene rings is 6. The number of aromatic nitrogens is 3. The molecule has 13 rings (SSSR count). The van der Waals surface area contributed by atoms with E-state index in [-0.39, 0.29) is 153 Å². The van der Waals surface area contributed by atoms with Crippen molar-refractivity contribution in [2.24, 2.45) is 17.3 Å². The lowest BCUT2D eigenvalue weighted by molar-refractivity contribution is -0.133. The number of ether oxygens (including phenoxy) is 5. The van der Waals surface area contributed by atoms with Crippen LogP contribution >= 0.6 is 0 Å². The summed E-state index contributed by atoms with van der Waals surface area (Å²) >= 11 is 0. The van der Waals surface area contributed by atoms with Crippen molar-refractivity contribution in [3.8, 4) is 45.5 Å². The van der Waals surface area contributed by atoms with Crippen molar-refractivity contribution in [3.63, 3.8) is 0 Å². The van der Waals surface area contributed by atoms with Crippen LogP contribution in [0, 0.1) is 17.3 Å². The number of nitrogens with zero attached hydrogens (tertiary/aromatic N) is 7. The molecule has 0 bridgehead atoms. The molecule has 6 aliphatic rings. The van der Waals surface area contributed by atoms with Gasteiger partial charge >= 0.3 is 6.09 Å². The third kappa shape index (κ3) is 16.5. The van der Waals surface area contributed by atoms with Crippen LogP contribution in [0.5, 0.6) is 23.0 Å².